The Morgan fingerprint density at radius 3 is 2.67 bits per heavy atom. The van der Waals surface area contributed by atoms with Crippen LogP contribution in [0, 0.1) is 18.3 Å². The van der Waals surface area contributed by atoms with Gasteiger partial charge in [0.15, 0.2) is 5.82 Å². The molecule has 164 valence electrons. The Labute approximate surface area is 193 Å². The first-order valence-corrected chi connectivity index (χ1v) is 10.6. The van der Waals surface area contributed by atoms with Gasteiger partial charge < -0.3 is 9.47 Å². The highest BCUT2D eigenvalue weighted by Crippen LogP contribution is 2.22. The Kier molecular flexibility index (Phi) is 6.93. The summed E-state index contributed by atoms with van der Waals surface area (Å²) in [7, 11) is 1.59. The van der Waals surface area contributed by atoms with Gasteiger partial charge in [-0.1, -0.05) is 54.6 Å². The number of aromatic nitrogens is 1. The van der Waals surface area contributed by atoms with Crippen molar-refractivity contribution in [3.8, 4) is 11.8 Å². The number of aryl methyl sites for hydroxylation is 1. The Hall–Kier alpha value is -4.21. The lowest BCUT2D eigenvalue weighted by atomic mass is 10.1. The summed E-state index contributed by atoms with van der Waals surface area (Å²) in [6.07, 6.45) is 1.67. The van der Waals surface area contributed by atoms with Crippen molar-refractivity contribution in [1.29, 1.82) is 5.26 Å². The first-order chi connectivity index (χ1) is 16.2. The number of ether oxygens (including phenoxy) is 2. The average Bonchev–Trinajstić information content (AvgIpc) is 2.83. The topological polar surface area (TPSA) is 79.5 Å². The zero-order valence-corrected chi connectivity index (χ0v) is 18.6. The van der Waals surface area contributed by atoms with Gasteiger partial charge >= 0.3 is 0 Å². The number of hydrogen-bond acceptors (Lipinski definition) is 6. The fourth-order valence-corrected chi connectivity index (χ4v) is 3.65. The molecule has 0 aliphatic heterocycles. The van der Waals surface area contributed by atoms with Crippen molar-refractivity contribution >= 4 is 22.8 Å². The SMILES string of the molecule is COCc1cc(C)nc(N/N=C\c2cccc(OCc3cccc4ccccc34)c2)c1C#N. The lowest BCUT2D eigenvalue weighted by Crippen LogP contribution is -2.03. The molecule has 0 spiro atoms. The summed E-state index contributed by atoms with van der Waals surface area (Å²) in [5.74, 6) is 1.16. The minimum absolute atomic E-state index is 0.334. The fraction of sp³-hybridized carbons (Fsp3) is 0.148. The predicted octanol–water partition coefficient (Wildman–Crippen LogP) is 5.59. The van der Waals surface area contributed by atoms with Gasteiger partial charge in [-0.2, -0.15) is 10.4 Å². The number of pyridine rings is 1. The predicted molar refractivity (Wildman–Crippen MR) is 130 cm³/mol. The summed E-state index contributed by atoms with van der Waals surface area (Å²) in [4.78, 5) is 4.40. The number of nitrogens with zero attached hydrogens (tertiary/aromatic N) is 3. The number of nitriles is 1. The van der Waals surface area contributed by atoms with Crippen molar-refractivity contribution in [3.63, 3.8) is 0 Å². The highest BCUT2D eigenvalue weighted by atomic mass is 16.5. The van der Waals surface area contributed by atoms with E-state index in [-0.39, 0.29) is 0 Å². The standard InChI is InChI=1S/C27H24N4O2/c1-19-13-23(17-32-2)26(15-28)27(30-19)31-29-16-20-7-5-11-24(14-20)33-18-22-10-6-9-21-8-3-4-12-25(21)22/h3-14,16H,17-18H2,1-2H3,(H,30,31)/b29-16-. The number of benzene rings is 3. The van der Waals surface area contributed by atoms with Gasteiger partial charge in [-0.05, 0) is 47.0 Å². The minimum Gasteiger partial charge on any atom is -0.489 e. The van der Waals surface area contributed by atoms with Gasteiger partial charge in [0.25, 0.3) is 0 Å². The summed E-state index contributed by atoms with van der Waals surface area (Å²) in [6, 6.07) is 26.2. The van der Waals surface area contributed by atoms with E-state index in [0.29, 0.717) is 24.6 Å². The van der Waals surface area contributed by atoms with Crippen molar-refractivity contribution in [2.75, 3.05) is 12.5 Å². The first kappa shape index (κ1) is 22.0. The maximum Gasteiger partial charge on any atom is 0.164 e. The lowest BCUT2D eigenvalue weighted by molar-refractivity contribution is 0.184. The molecule has 0 aliphatic rings. The molecular weight excluding hydrogens is 412 g/mol. The second kappa shape index (κ2) is 10.4. The van der Waals surface area contributed by atoms with E-state index < -0.39 is 0 Å². The Morgan fingerprint density at radius 1 is 1.00 bits per heavy atom. The van der Waals surface area contributed by atoms with Crippen molar-refractivity contribution in [2.24, 2.45) is 5.10 Å². The van der Waals surface area contributed by atoms with Crippen molar-refractivity contribution in [3.05, 3.63) is 101 Å². The van der Waals surface area contributed by atoms with Crippen LogP contribution in [-0.2, 0) is 18.0 Å². The van der Waals surface area contributed by atoms with E-state index in [1.54, 1.807) is 13.3 Å². The zero-order chi connectivity index (χ0) is 23.0. The molecule has 0 fully saturated rings. The monoisotopic (exact) mass is 436 g/mol. The molecule has 6 nitrogen and oxygen atoms in total. The number of hydrazone groups is 1. The van der Waals surface area contributed by atoms with E-state index in [0.717, 1.165) is 28.1 Å². The highest BCUT2D eigenvalue weighted by molar-refractivity contribution is 5.85. The van der Waals surface area contributed by atoms with Crippen LogP contribution in [0.5, 0.6) is 5.75 Å². The number of methoxy groups -OCH3 is 1. The molecule has 3 aromatic carbocycles. The highest BCUT2D eigenvalue weighted by Gasteiger charge is 2.10. The molecular formula is C27H24N4O2. The maximum atomic E-state index is 9.53. The fourth-order valence-electron chi connectivity index (χ4n) is 3.65. The second-order valence-electron chi connectivity index (χ2n) is 7.56. The molecule has 4 rings (SSSR count). The zero-order valence-electron chi connectivity index (χ0n) is 18.6. The van der Waals surface area contributed by atoms with Crippen LogP contribution in [0.4, 0.5) is 5.82 Å². The Balaban J connectivity index is 1.46. The smallest absolute Gasteiger partial charge is 0.164 e. The quantitative estimate of drug-likeness (QED) is 0.288. The third-order valence-electron chi connectivity index (χ3n) is 5.16. The summed E-state index contributed by atoms with van der Waals surface area (Å²) in [5, 5.41) is 16.2. The molecule has 0 saturated heterocycles. The molecule has 0 atom stereocenters. The number of fused-ring (bicyclic) bond motifs is 1. The van der Waals surface area contributed by atoms with Gasteiger partial charge in [-0.3, -0.25) is 5.43 Å². The van der Waals surface area contributed by atoms with Crippen molar-refractivity contribution < 1.29 is 9.47 Å². The molecule has 0 radical (unpaired) electrons. The minimum atomic E-state index is 0.334. The molecule has 33 heavy (non-hydrogen) atoms. The summed E-state index contributed by atoms with van der Waals surface area (Å²) >= 11 is 0. The average molecular weight is 437 g/mol. The molecule has 0 amide bonds. The maximum absolute atomic E-state index is 9.53. The summed E-state index contributed by atoms with van der Waals surface area (Å²) in [6.45, 7) is 2.67. The molecule has 1 aromatic heterocycles. The number of anilines is 1. The van der Waals surface area contributed by atoms with Crippen LogP contribution in [0.15, 0.2) is 77.9 Å². The molecule has 1 N–H and O–H groups in total. The van der Waals surface area contributed by atoms with E-state index in [1.165, 1.54) is 10.8 Å². The van der Waals surface area contributed by atoms with Crippen LogP contribution in [0.25, 0.3) is 10.8 Å². The summed E-state index contributed by atoms with van der Waals surface area (Å²) < 4.78 is 11.2. The van der Waals surface area contributed by atoms with Crippen LogP contribution >= 0.6 is 0 Å². The van der Waals surface area contributed by atoms with Crippen LogP contribution in [0.2, 0.25) is 0 Å². The van der Waals surface area contributed by atoms with Crippen LogP contribution in [0.1, 0.15) is 27.9 Å². The van der Waals surface area contributed by atoms with Crippen LogP contribution in [-0.4, -0.2) is 18.3 Å². The molecule has 0 unspecified atom stereocenters. The van der Waals surface area contributed by atoms with E-state index in [4.69, 9.17) is 9.47 Å². The molecule has 6 heteroatoms. The van der Waals surface area contributed by atoms with E-state index in [2.05, 4.69) is 45.8 Å². The summed E-state index contributed by atoms with van der Waals surface area (Å²) in [5.41, 5.74) is 6.86. The first-order valence-electron chi connectivity index (χ1n) is 10.6. The van der Waals surface area contributed by atoms with Gasteiger partial charge in [0, 0.05) is 18.4 Å². The van der Waals surface area contributed by atoms with Crippen LogP contribution in [0.3, 0.4) is 0 Å². The van der Waals surface area contributed by atoms with Crippen molar-refractivity contribution in [2.45, 2.75) is 20.1 Å². The molecule has 4 aromatic rings. The Morgan fingerprint density at radius 2 is 1.82 bits per heavy atom. The largest absolute Gasteiger partial charge is 0.489 e. The van der Waals surface area contributed by atoms with Gasteiger partial charge in [-0.15, -0.1) is 0 Å². The number of hydrogen-bond donors (Lipinski definition) is 1. The van der Waals surface area contributed by atoms with E-state index in [9.17, 15) is 5.26 Å². The Bertz CT molecular complexity index is 1340. The second-order valence-corrected chi connectivity index (χ2v) is 7.56. The van der Waals surface area contributed by atoms with Gasteiger partial charge in [0.1, 0.15) is 24.0 Å². The molecule has 0 bridgehead atoms. The van der Waals surface area contributed by atoms with E-state index >= 15 is 0 Å². The van der Waals surface area contributed by atoms with E-state index in [1.807, 2.05) is 55.5 Å². The van der Waals surface area contributed by atoms with Gasteiger partial charge in [-0.25, -0.2) is 4.98 Å². The van der Waals surface area contributed by atoms with Gasteiger partial charge in [0.2, 0.25) is 0 Å². The normalized spacial score (nSPS) is 10.9. The van der Waals surface area contributed by atoms with Crippen LogP contribution < -0.4 is 10.2 Å². The van der Waals surface area contributed by atoms with Crippen molar-refractivity contribution in [1.82, 2.24) is 4.98 Å². The third-order valence-corrected chi connectivity index (χ3v) is 5.16. The molecule has 0 aliphatic carbocycles. The number of nitrogens with one attached hydrogen (secondary N) is 1. The lowest BCUT2D eigenvalue weighted by Gasteiger charge is -2.10. The number of rotatable bonds is 8. The molecule has 1 heterocycles. The van der Waals surface area contributed by atoms with Gasteiger partial charge in [0.05, 0.1) is 12.8 Å². The third kappa shape index (κ3) is 5.35. The molecule has 0 saturated carbocycles.